The minimum Gasteiger partial charge on any atom is -0.480 e. The number of benzene rings is 1. The standard InChI is InChI=1S/C34H52N8O10S/c1-19(2)28(41-27(45)17-36-26(44)16-35)32(49)39-23(15-21-9-6-5-7-10-21)33(50)42-13-8-11-25(42)31(48)40-24(18-43)30(47)38-22(12-14-53-4)29(46)37-20(3)34(51)52/h5-7,9-10,19-20,22-25,28,43H,8,11-18,35H2,1-4H3,(H,36,44)(H,37,46)(H,38,47)(H,39,49)(H,40,48)(H,41,45)(H,51,52)/t20-,22-,23-,24-,25-,28-/m0/s1. The van der Waals surface area contributed by atoms with Crippen LogP contribution in [-0.4, -0.2) is 137 Å². The van der Waals surface area contributed by atoms with Gasteiger partial charge in [0.2, 0.25) is 41.4 Å². The van der Waals surface area contributed by atoms with E-state index in [2.05, 4.69) is 31.9 Å². The van der Waals surface area contributed by atoms with Gasteiger partial charge >= 0.3 is 5.97 Å². The van der Waals surface area contributed by atoms with E-state index in [0.717, 1.165) is 0 Å². The number of hydrogen-bond donors (Lipinski definition) is 9. The van der Waals surface area contributed by atoms with Crippen molar-refractivity contribution in [3.8, 4) is 0 Å². The maximum absolute atomic E-state index is 14.1. The minimum absolute atomic E-state index is 0.0449. The molecule has 0 spiro atoms. The molecule has 18 nitrogen and oxygen atoms in total. The van der Waals surface area contributed by atoms with Gasteiger partial charge in [-0.1, -0.05) is 44.2 Å². The van der Waals surface area contributed by atoms with Gasteiger partial charge in [-0.25, -0.2) is 0 Å². The number of aliphatic hydroxyl groups excluding tert-OH is 1. The van der Waals surface area contributed by atoms with E-state index in [1.165, 1.54) is 23.6 Å². The largest absolute Gasteiger partial charge is 0.480 e. The predicted octanol–water partition coefficient (Wildman–Crippen LogP) is -2.78. The first-order valence-electron chi connectivity index (χ1n) is 17.3. The summed E-state index contributed by atoms with van der Waals surface area (Å²) in [6, 6.07) is 1.63. The lowest BCUT2D eigenvalue weighted by Gasteiger charge is -2.31. The fourth-order valence-corrected chi connectivity index (χ4v) is 5.91. The number of nitrogens with one attached hydrogen (secondary N) is 6. The molecule has 1 aromatic carbocycles. The van der Waals surface area contributed by atoms with Crippen molar-refractivity contribution in [2.45, 2.75) is 82.7 Å². The summed E-state index contributed by atoms with van der Waals surface area (Å²) >= 11 is 1.39. The molecule has 0 bridgehead atoms. The molecule has 0 aromatic heterocycles. The topological polar surface area (TPSA) is 278 Å². The van der Waals surface area contributed by atoms with Crippen LogP contribution in [0.15, 0.2) is 30.3 Å². The molecule has 1 aliphatic heterocycles. The first kappa shape index (κ1) is 44.4. The Morgan fingerprint density at radius 1 is 0.868 bits per heavy atom. The third kappa shape index (κ3) is 14.3. The summed E-state index contributed by atoms with van der Waals surface area (Å²) in [5, 5.41) is 34.1. The first-order valence-corrected chi connectivity index (χ1v) is 18.7. The van der Waals surface area contributed by atoms with Gasteiger partial charge in [0.15, 0.2) is 0 Å². The zero-order valence-corrected chi connectivity index (χ0v) is 31.2. The number of aliphatic carboxylic acids is 1. The second-order valence-electron chi connectivity index (χ2n) is 12.9. The van der Waals surface area contributed by atoms with Crippen LogP contribution in [0, 0.1) is 5.92 Å². The monoisotopic (exact) mass is 764 g/mol. The first-order chi connectivity index (χ1) is 25.1. The second-order valence-corrected chi connectivity index (χ2v) is 13.9. The third-order valence-electron chi connectivity index (χ3n) is 8.42. The molecule has 0 radical (unpaired) electrons. The Bertz CT molecular complexity index is 1450. The number of amides is 7. The summed E-state index contributed by atoms with van der Waals surface area (Å²) in [6.45, 7) is 3.24. The zero-order chi connectivity index (χ0) is 39.7. The number of nitrogens with zero attached hydrogens (tertiary/aromatic N) is 1. The van der Waals surface area contributed by atoms with Gasteiger partial charge in [0.05, 0.1) is 19.7 Å². The highest BCUT2D eigenvalue weighted by molar-refractivity contribution is 7.98. The van der Waals surface area contributed by atoms with E-state index < -0.39 is 103 Å². The van der Waals surface area contributed by atoms with Gasteiger partial charge in [-0.05, 0) is 49.7 Å². The van der Waals surface area contributed by atoms with Crippen LogP contribution in [0.1, 0.15) is 45.6 Å². The summed E-state index contributed by atoms with van der Waals surface area (Å²) in [7, 11) is 0. The van der Waals surface area contributed by atoms with Gasteiger partial charge in [-0.15, -0.1) is 0 Å². The van der Waals surface area contributed by atoms with Crippen molar-refractivity contribution >= 4 is 59.1 Å². The Balaban J connectivity index is 2.24. The van der Waals surface area contributed by atoms with Crippen molar-refractivity contribution in [3.05, 3.63) is 35.9 Å². The van der Waals surface area contributed by atoms with E-state index in [-0.39, 0.29) is 32.4 Å². The Labute approximate surface area is 312 Å². The number of aliphatic hydroxyl groups is 1. The van der Waals surface area contributed by atoms with Crippen LogP contribution in [0.25, 0.3) is 0 Å². The quantitative estimate of drug-likeness (QED) is 0.0615. The van der Waals surface area contributed by atoms with Crippen molar-refractivity contribution in [1.82, 2.24) is 36.8 Å². The maximum atomic E-state index is 14.1. The van der Waals surface area contributed by atoms with Gasteiger partial charge in [-0.2, -0.15) is 11.8 Å². The summed E-state index contributed by atoms with van der Waals surface area (Å²) in [5.74, 6) is -6.09. The van der Waals surface area contributed by atoms with Crippen LogP contribution in [0.4, 0.5) is 0 Å². The van der Waals surface area contributed by atoms with Gasteiger partial charge in [-0.3, -0.25) is 38.4 Å². The number of carboxylic acids is 1. The van der Waals surface area contributed by atoms with Crippen molar-refractivity contribution in [3.63, 3.8) is 0 Å². The SMILES string of the molecule is CSCC[C@H](NC(=O)[C@H](CO)NC(=O)[C@@H]1CCCN1C(=O)[C@H](Cc1ccccc1)NC(=O)[C@@H](NC(=O)CNC(=O)CN)C(C)C)C(=O)N[C@@H](C)C(=O)O. The van der Waals surface area contributed by atoms with Crippen LogP contribution in [-0.2, 0) is 44.8 Å². The molecule has 0 aliphatic carbocycles. The van der Waals surface area contributed by atoms with E-state index in [0.29, 0.717) is 17.7 Å². The van der Waals surface area contributed by atoms with Gasteiger partial charge in [0, 0.05) is 13.0 Å². The summed E-state index contributed by atoms with van der Waals surface area (Å²) < 4.78 is 0. The molecule has 0 unspecified atom stereocenters. The third-order valence-corrected chi connectivity index (χ3v) is 9.07. The van der Waals surface area contributed by atoms with Crippen LogP contribution in [0.2, 0.25) is 0 Å². The number of carbonyl (C=O) groups excluding carboxylic acids is 7. The second kappa shape index (κ2) is 22.3. The number of hydrogen-bond acceptors (Lipinski definition) is 11. The Kier molecular flexibility index (Phi) is 18.7. The normalized spacial score (nSPS) is 16.7. The fourth-order valence-electron chi connectivity index (χ4n) is 5.44. The smallest absolute Gasteiger partial charge is 0.325 e. The molecule has 2 rings (SSSR count). The van der Waals surface area contributed by atoms with E-state index >= 15 is 0 Å². The van der Waals surface area contributed by atoms with Crippen molar-refractivity contribution in [2.75, 3.05) is 38.2 Å². The van der Waals surface area contributed by atoms with Crippen molar-refractivity contribution in [2.24, 2.45) is 11.7 Å². The molecule has 0 saturated carbocycles. The van der Waals surface area contributed by atoms with E-state index in [4.69, 9.17) is 10.8 Å². The molecule has 10 N–H and O–H groups in total. The lowest BCUT2D eigenvalue weighted by molar-refractivity contribution is -0.143. The summed E-state index contributed by atoms with van der Waals surface area (Å²) in [4.78, 5) is 104. The molecule has 294 valence electrons. The highest BCUT2D eigenvalue weighted by Gasteiger charge is 2.40. The molecule has 1 saturated heterocycles. The molecular formula is C34H52N8O10S. The molecule has 1 fully saturated rings. The highest BCUT2D eigenvalue weighted by atomic mass is 32.2. The van der Waals surface area contributed by atoms with Crippen LogP contribution < -0.4 is 37.6 Å². The van der Waals surface area contributed by atoms with E-state index in [1.807, 2.05) is 0 Å². The lowest BCUT2D eigenvalue weighted by Crippen LogP contribution is -2.60. The Morgan fingerprint density at radius 2 is 1.51 bits per heavy atom. The molecule has 6 atom stereocenters. The number of nitrogens with two attached hydrogens (primary N) is 1. The minimum atomic E-state index is -1.51. The van der Waals surface area contributed by atoms with Gasteiger partial charge in [0.1, 0.15) is 36.3 Å². The molecule has 1 heterocycles. The van der Waals surface area contributed by atoms with Crippen LogP contribution in [0.3, 0.4) is 0 Å². The zero-order valence-electron chi connectivity index (χ0n) is 30.4. The molecule has 1 aliphatic rings. The van der Waals surface area contributed by atoms with E-state index in [1.54, 1.807) is 50.4 Å². The van der Waals surface area contributed by atoms with E-state index in [9.17, 15) is 43.5 Å². The number of thioether (sulfide) groups is 1. The van der Waals surface area contributed by atoms with Crippen LogP contribution in [0.5, 0.6) is 0 Å². The van der Waals surface area contributed by atoms with Crippen LogP contribution >= 0.6 is 11.8 Å². The number of carboxylic acid groups (broad SMARTS) is 1. The molecule has 7 amide bonds. The van der Waals surface area contributed by atoms with Gasteiger partial charge < -0.3 is 52.7 Å². The van der Waals surface area contributed by atoms with Crippen molar-refractivity contribution in [1.29, 1.82) is 0 Å². The number of likely N-dealkylation sites (tertiary alicyclic amines) is 1. The Morgan fingerprint density at radius 3 is 2.09 bits per heavy atom. The fraction of sp³-hybridized carbons (Fsp3) is 0.588. The van der Waals surface area contributed by atoms with Gasteiger partial charge in [0.25, 0.3) is 0 Å². The highest BCUT2D eigenvalue weighted by Crippen LogP contribution is 2.20. The summed E-state index contributed by atoms with van der Waals surface area (Å²) in [5.41, 5.74) is 5.97. The average Bonchev–Trinajstić information content (AvgIpc) is 3.63. The molecule has 53 heavy (non-hydrogen) atoms. The molecule has 1 aromatic rings. The maximum Gasteiger partial charge on any atom is 0.325 e. The van der Waals surface area contributed by atoms with Crippen molar-refractivity contribution < 1.29 is 48.6 Å². The predicted molar refractivity (Wildman–Crippen MR) is 195 cm³/mol. The molecule has 19 heteroatoms. The molecular weight excluding hydrogens is 712 g/mol. The number of carbonyl (C=O) groups is 8. The average molecular weight is 765 g/mol. The number of rotatable bonds is 21. The lowest BCUT2D eigenvalue weighted by atomic mass is 10.0. The Hall–Kier alpha value is -4.75. The summed E-state index contributed by atoms with van der Waals surface area (Å²) in [6.07, 6.45) is 2.61.